The van der Waals surface area contributed by atoms with Crippen molar-refractivity contribution >= 4 is 46.5 Å². The second kappa shape index (κ2) is 17.3. The first kappa shape index (κ1) is 44.5. The van der Waals surface area contributed by atoms with Crippen LogP contribution in [0.1, 0.15) is 91.4 Å². The van der Waals surface area contributed by atoms with Gasteiger partial charge in [0.25, 0.3) is 5.56 Å². The van der Waals surface area contributed by atoms with Crippen LogP contribution in [0.5, 0.6) is 0 Å². The smallest absolute Gasteiger partial charge is 0.407 e. The van der Waals surface area contributed by atoms with Crippen molar-refractivity contribution in [2.75, 3.05) is 11.9 Å². The highest BCUT2D eigenvalue weighted by atomic mass is 19.1. The van der Waals surface area contributed by atoms with Gasteiger partial charge in [0.05, 0.1) is 46.7 Å². The van der Waals surface area contributed by atoms with Gasteiger partial charge in [0.1, 0.15) is 36.7 Å². The fraction of sp³-hybridized carbons (Fsp3) is 0.419. The maximum Gasteiger partial charge on any atom is 0.407 e. The van der Waals surface area contributed by atoms with E-state index in [1.807, 2.05) is 0 Å². The lowest BCUT2D eigenvalue weighted by atomic mass is 9.81. The number of aromatic nitrogens is 2. The number of cyclic esters (lactones) is 1. The molecule has 0 bridgehead atoms. The molecule has 4 heterocycles. The van der Waals surface area contributed by atoms with Gasteiger partial charge in [-0.2, -0.15) is 0 Å². The van der Waals surface area contributed by atoms with Crippen molar-refractivity contribution in [3.05, 3.63) is 91.0 Å². The van der Waals surface area contributed by atoms with Gasteiger partial charge in [-0.3, -0.25) is 14.4 Å². The van der Waals surface area contributed by atoms with Gasteiger partial charge in [0, 0.05) is 34.8 Å². The molecule has 9 N–H and O–H groups in total. The number of pyridine rings is 2. The minimum absolute atomic E-state index is 0.0128. The molecule has 0 saturated heterocycles. The number of fused-ring (bicyclic) bond motifs is 5. The Bertz CT molecular complexity index is 2630. The van der Waals surface area contributed by atoms with Crippen molar-refractivity contribution < 1.29 is 51.7 Å². The van der Waals surface area contributed by atoms with Gasteiger partial charge in [-0.1, -0.05) is 20.8 Å². The molecular formula is C43H47F3N8O9. The number of benzene rings is 2. The van der Waals surface area contributed by atoms with Gasteiger partial charge in [-0.15, -0.1) is 0 Å². The zero-order valence-electron chi connectivity index (χ0n) is 34.9. The number of nitrogens with two attached hydrogens (primary N) is 2. The molecule has 63 heavy (non-hydrogen) atoms. The molecule has 0 radical (unpaired) electrons. The molecule has 7 rings (SSSR count). The lowest BCUT2D eigenvalue weighted by Crippen LogP contribution is -2.51. The Labute approximate surface area is 358 Å². The molecule has 17 nitrogen and oxygen atoms in total. The first-order valence-electron chi connectivity index (χ1n) is 20.5. The molecule has 4 aromatic rings. The molecule has 2 aromatic carbocycles. The summed E-state index contributed by atoms with van der Waals surface area (Å²) in [6, 6.07) is 0.696. The summed E-state index contributed by atoms with van der Waals surface area (Å²) >= 11 is 0. The minimum Gasteiger partial charge on any atom is -0.458 e. The van der Waals surface area contributed by atoms with Crippen LogP contribution in [0, 0.1) is 30.3 Å². The highest BCUT2D eigenvalue weighted by Crippen LogP contribution is 2.46. The zero-order valence-corrected chi connectivity index (χ0v) is 34.9. The van der Waals surface area contributed by atoms with E-state index in [1.165, 1.54) is 16.7 Å². The average Bonchev–Trinajstić information content (AvgIpc) is 3.60. The molecule has 334 valence electrons. The van der Waals surface area contributed by atoms with E-state index in [1.54, 1.807) is 27.7 Å². The Kier molecular flexibility index (Phi) is 12.2. The van der Waals surface area contributed by atoms with Crippen LogP contribution in [-0.2, 0) is 55.6 Å². The predicted molar refractivity (Wildman–Crippen MR) is 220 cm³/mol. The zero-order chi connectivity index (χ0) is 45.7. The molecule has 0 unspecified atom stereocenters. The van der Waals surface area contributed by atoms with E-state index in [0.717, 1.165) is 12.1 Å². The third kappa shape index (κ3) is 8.27. The molecule has 2 aromatic heterocycles. The topological polar surface area (TPSA) is 259 Å². The number of nitrogens with zero attached hydrogens (tertiary/aromatic N) is 2. The number of aryl methyl sites for hydroxylation is 1. The van der Waals surface area contributed by atoms with Crippen molar-refractivity contribution in [1.82, 2.24) is 25.5 Å². The van der Waals surface area contributed by atoms with Crippen LogP contribution < -0.4 is 38.3 Å². The predicted octanol–water partition coefficient (Wildman–Crippen LogP) is 3.57. The number of nitrogens with one attached hydrogen (secondary N) is 4. The first-order chi connectivity index (χ1) is 29.8. The second-order valence-electron chi connectivity index (χ2n) is 16.3. The van der Waals surface area contributed by atoms with Crippen LogP contribution in [0.4, 0.5) is 28.4 Å². The van der Waals surface area contributed by atoms with Gasteiger partial charge in [-0.05, 0) is 79.8 Å². The Morgan fingerprint density at radius 3 is 2.43 bits per heavy atom. The molecule has 4 atom stereocenters. The summed E-state index contributed by atoms with van der Waals surface area (Å²) in [5, 5.41) is 22.0. The molecule has 5 amide bonds. The van der Waals surface area contributed by atoms with Gasteiger partial charge < -0.3 is 51.9 Å². The second-order valence-corrected chi connectivity index (χ2v) is 16.3. The van der Waals surface area contributed by atoms with Crippen LogP contribution >= 0.6 is 0 Å². The number of anilines is 1. The largest absolute Gasteiger partial charge is 0.458 e. The molecule has 3 aliphatic rings. The number of primary amides is 1. The number of carbonyl (C=O) groups excluding carboxylic acids is 5. The van der Waals surface area contributed by atoms with E-state index < -0.39 is 88.8 Å². The van der Waals surface area contributed by atoms with E-state index in [2.05, 4.69) is 21.3 Å². The van der Waals surface area contributed by atoms with E-state index in [-0.39, 0.29) is 85.0 Å². The summed E-state index contributed by atoms with van der Waals surface area (Å²) in [7, 11) is 0. The van der Waals surface area contributed by atoms with Crippen molar-refractivity contribution in [3.8, 4) is 11.4 Å². The van der Waals surface area contributed by atoms with Crippen LogP contribution in [0.2, 0.25) is 0 Å². The quantitative estimate of drug-likeness (QED) is 0.0665. The maximum absolute atomic E-state index is 15.5. The van der Waals surface area contributed by atoms with E-state index >= 15 is 13.2 Å². The number of urea groups is 1. The van der Waals surface area contributed by atoms with E-state index in [9.17, 15) is 33.9 Å². The summed E-state index contributed by atoms with van der Waals surface area (Å²) in [6.07, 6.45) is -0.331. The number of carbonyl (C=O) groups is 5. The van der Waals surface area contributed by atoms with Crippen LogP contribution in [-0.4, -0.2) is 63.2 Å². The number of alkyl carbamates (subject to hydrolysis) is 1. The molecule has 2 aliphatic heterocycles. The Morgan fingerprint density at radius 1 is 1.05 bits per heavy atom. The Morgan fingerprint density at radius 2 is 1.76 bits per heavy atom. The Hall–Kier alpha value is -6.54. The number of esters is 1. The highest BCUT2D eigenvalue weighted by Gasteiger charge is 2.46. The fourth-order valence-electron chi connectivity index (χ4n) is 8.42. The average molecular weight is 877 g/mol. The number of halogens is 3. The van der Waals surface area contributed by atoms with Crippen LogP contribution in [0.3, 0.4) is 0 Å². The Balaban J connectivity index is 1.11. The standard InChI is InChI=1S/C43H47F3N8O9/c1-5-43(61)25-13-32-36-22(15-54(32)39(57)23(25)16-62-40(43)58)34-29(9-8-21-19(4)26(44)14-31(51-36)33(21)34)53-42(60)63-17-24-27(45)11-20(12-28(24)46)50-37(55)30(7-6-10-49-41(48)59)52-38(56)35(47)18(2)3/h11-14,18,29-30,35,61H,5-10,15-17,47H2,1-4H3,(H,50,55)(H,52,56)(H,53,60)(H3,48,49,59)/t29-,30-,35-,43-/m0/s1. The fourth-order valence-corrected chi connectivity index (χ4v) is 8.42. The number of amides is 5. The summed E-state index contributed by atoms with van der Waals surface area (Å²) in [5.74, 6) is -5.42. The maximum atomic E-state index is 15.5. The summed E-state index contributed by atoms with van der Waals surface area (Å²) < 4.78 is 58.2. The first-order valence-corrected chi connectivity index (χ1v) is 20.5. The van der Waals surface area contributed by atoms with Gasteiger partial charge in [-0.25, -0.2) is 32.5 Å². The normalized spacial score (nSPS) is 18.1. The molecule has 0 fully saturated rings. The summed E-state index contributed by atoms with van der Waals surface area (Å²) in [6.45, 7) is 5.51. The lowest BCUT2D eigenvalue weighted by molar-refractivity contribution is -0.172. The molecule has 0 saturated carbocycles. The van der Waals surface area contributed by atoms with Crippen LogP contribution in [0.15, 0.2) is 29.1 Å². The molecule has 20 heteroatoms. The highest BCUT2D eigenvalue weighted by molar-refractivity contribution is 5.98. The molecule has 0 spiro atoms. The third-order valence-corrected chi connectivity index (χ3v) is 12.0. The number of hydrogen-bond donors (Lipinski definition) is 7. The molecular weight excluding hydrogens is 830 g/mol. The number of hydrogen-bond acceptors (Lipinski definition) is 11. The monoisotopic (exact) mass is 876 g/mol. The van der Waals surface area contributed by atoms with Crippen LogP contribution in [0.25, 0.3) is 22.3 Å². The molecule has 1 aliphatic carbocycles. The van der Waals surface area contributed by atoms with Crippen molar-refractivity contribution in [2.24, 2.45) is 17.4 Å². The third-order valence-electron chi connectivity index (χ3n) is 12.0. The SMILES string of the molecule is CC[C@@]1(O)C(=O)OCc2c1cc1n(c2=O)Cc2c-1nc1cc(F)c(C)c3c1c2[C@@H](NC(=O)OCc1c(F)cc(NC(=O)[C@H](CCCNC(N)=O)NC(=O)[C@@H](N)C(C)C)cc1F)CC3. The van der Waals surface area contributed by atoms with E-state index in [0.29, 0.717) is 34.1 Å². The van der Waals surface area contributed by atoms with Gasteiger partial charge in [0.2, 0.25) is 11.8 Å². The van der Waals surface area contributed by atoms with Crippen molar-refractivity contribution in [3.63, 3.8) is 0 Å². The summed E-state index contributed by atoms with van der Waals surface area (Å²) in [5.41, 5.74) is 10.6. The summed E-state index contributed by atoms with van der Waals surface area (Å²) in [4.78, 5) is 81.9. The van der Waals surface area contributed by atoms with Crippen molar-refractivity contribution in [2.45, 2.75) is 103 Å². The lowest BCUT2D eigenvalue weighted by Gasteiger charge is -2.31. The van der Waals surface area contributed by atoms with E-state index in [4.69, 9.17) is 25.9 Å². The van der Waals surface area contributed by atoms with Crippen molar-refractivity contribution in [1.29, 1.82) is 0 Å². The number of rotatable bonds is 13. The minimum atomic E-state index is -2.08. The van der Waals surface area contributed by atoms with Gasteiger partial charge >= 0.3 is 18.1 Å². The van der Waals surface area contributed by atoms with Gasteiger partial charge in [0.15, 0.2) is 5.60 Å². The number of ether oxygens (including phenoxy) is 2. The number of aliphatic hydroxyl groups is 1.